The Bertz CT molecular complexity index is 350. The van der Waals surface area contributed by atoms with Crippen LogP contribution >= 0.6 is 23.2 Å². The Morgan fingerprint density at radius 2 is 2.23 bits per heavy atom. The second kappa shape index (κ2) is 5.01. The normalized spacial score (nSPS) is 8.85. The molecule has 0 atom stereocenters. The van der Waals surface area contributed by atoms with Crippen LogP contribution in [-0.4, -0.2) is 13.0 Å². The van der Waals surface area contributed by atoms with E-state index in [1.165, 1.54) is 0 Å². The van der Waals surface area contributed by atoms with Gasteiger partial charge in [0.2, 0.25) is 0 Å². The average Bonchev–Trinajstić information content (AvgIpc) is 2.15. The summed E-state index contributed by atoms with van der Waals surface area (Å²) in [4.78, 5) is 0. The average molecular weight is 215 g/mol. The van der Waals surface area contributed by atoms with Crippen LogP contribution in [0.15, 0.2) is 18.2 Å². The molecule has 1 nitrogen and oxygen atoms in total. The van der Waals surface area contributed by atoms with Crippen LogP contribution in [0.5, 0.6) is 5.75 Å². The third-order valence-corrected chi connectivity index (χ3v) is 1.88. The molecule has 0 N–H and O–H groups in total. The number of alkyl halides is 1. The van der Waals surface area contributed by atoms with Crippen molar-refractivity contribution in [1.29, 1.82) is 0 Å². The molecule has 0 spiro atoms. The summed E-state index contributed by atoms with van der Waals surface area (Å²) >= 11 is 11.3. The molecule has 0 aliphatic carbocycles. The van der Waals surface area contributed by atoms with Crippen LogP contribution in [0.25, 0.3) is 0 Å². The van der Waals surface area contributed by atoms with Crippen LogP contribution in [-0.2, 0) is 0 Å². The zero-order valence-corrected chi connectivity index (χ0v) is 8.62. The van der Waals surface area contributed by atoms with E-state index in [0.717, 1.165) is 5.56 Å². The van der Waals surface area contributed by atoms with Gasteiger partial charge in [-0.05, 0) is 18.2 Å². The SMILES string of the molecule is COc1ccc(C#CCCl)cc1Cl. The topological polar surface area (TPSA) is 9.23 Å². The van der Waals surface area contributed by atoms with Gasteiger partial charge in [0.05, 0.1) is 18.0 Å². The Hall–Kier alpha value is -0.840. The summed E-state index contributed by atoms with van der Waals surface area (Å²) in [5.41, 5.74) is 0.839. The van der Waals surface area contributed by atoms with Gasteiger partial charge in [0.15, 0.2) is 0 Å². The molecule has 0 radical (unpaired) electrons. The Labute approximate surface area is 87.6 Å². The lowest BCUT2D eigenvalue weighted by atomic mass is 10.2. The van der Waals surface area contributed by atoms with Crippen LogP contribution < -0.4 is 4.74 Å². The van der Waals surface area contributed by atoms with E-state index in [2.05, 4.69) is 11.8 Å². The van der Waals surface area contributed by atoms with Crippen molar-refractivity contribution in [2.75, 3.05) is 13.0 Å². The van der Waals surface area contributed by atoms with Gasteiger partial charge < -0.3 is 4.74 Å². The molecule has 68 valence electrons. The molecule has 0 fully saturated rings. The van der Waals surface area contributed by atoms with Gasteiger partial charge >= 0.3 is 0 Å². The van der Waals surface area contributed by atoms with Gasteiger partial charge in [-0.15, -0.1) is 11.6 Å². The molecule has 0 heterocycles. The number of methoxy groups -OCH3 is 1. The van der Waals surface area contributed by atoms with Crippen molar-refractivity contribution in [2.24, 2.45) is 0 Å². The predicted octanol–water partition coefficient (Wildman–Crippen LogP) is 2.94. The molecule has 3 heteroatoms. The van der Waals surface area contributed by atoms with Crippen LogP contribution in [0.2, 0.25) is 5.02 Å². The van der Waals surface area contributed by atoms with Crippen molar-refractivity contribution >= 4 is 23.2 Å². The maximum absolute atomic E-state index is 5.88. The lowest BCUT2D eigenvalue weighted by Gasteiger charge is -2.01. The molecule has 1 aromatic rings. The molecular weight excluding hydrogens is 207 g/mol. The largest absolute Gasteiger partial charge is 0.495 e. The molecule has 0 aliphatic heterocycles. The summed E-state index contributed by atoms with van der Waals surface area (Å²) in [5, 5.41) is 0.559. The number of rotatable bonds is 1. The quantitative estimate of drug-likeness (QED) is 0.517. The summed E-state index contributed by atoms with van der Waals surface area (Å²) < 4.78 is 5.00. The third kappa shape index (κ3) is 2.84. The zero-order valence-electron chi connectivity index (χ0n) is 7.10. The van der Waals surface area contributed by atoms with Gasteiger partial charge in [-0.2, -0.15) is 0 Å². The van der Waals surface area contributed by atoms with Crippen molar-refractivity contribution < 1.29 is 4.74 Å². The Morgan fingerprint density at radius 1 is 1.46 bits per heavy atom. The number of halogens is 2. The summed E-state index contributed by atoms with van der Waals surface area (Å²) in [5.74, 6) is 6.58. The molecule has 0 saturated heterocycles. The second-order valence-electron chi connectivity index (χ2n) is 2.28. The lowest BCUT2D eigenvalue weighted by Crippen LogP contribution is -1.84. The van der Waals surface area contributed by atoms with E-state index in [0.29, 0.717) is 16.7 Å². The van der Waals surface area contributed by atoms with Gasteiger partial charge in [0, 0.05) is 5.56 Å². The van der Waals surface area contributed by atoms with Crippen LogP contribution in [0, 0.1) is 11.8 Å². The predicted molar refractivity (Wildman–Crippen MR) is 55.6 cm³/mol. The number of benzene rings is 1. The number of hydrogen-bond acceptors (Lipinski definition) is 1. The highest BCUT2D eigenvalue weighted by atomic mass is 35.5. The van der Waals surface area contributed by atoms with Crippen molar-refractivity contribution in [3.05, 3.63) is 28.8 Å². The minimum atomic E-state index is 0.323. The van der Waals surface area contributed by atoms with Crippen molar-refractivity contribution in [3.8, 4) is 17.6 Å². The molecule has 1 aromatic carbocycles. The van der Waals surface area contributed by atoms with Crippen molar-refractivity contribution in [3.63, 3.8) is 0 Å². The second-order valence-corrected chi connectivity index (χ2v) is 2.96. The van der Waals surface area contributed by atoms with E-state index in [1.54, 1.807) is 19.2 Å². The maximum atomic E-state index is 5.88. The fourth-order valence-electron chi connectivity index (χ4n) is 0.880. The van der Waals surface area contributed by atoms with Crippen LogP contribution in [0.1, 0.15) is 5.56 Å². The fraction of sp³-hybridized carbons (Fsp3) is 0.200. The van der Waals surface area contributed by atoms with E-state index in [4.69, 9.17) is 27.9 Å². The molecule has 0 amide bonds. The van der Waals surface area contributed by atoms with E-state index >= 15 is 0 Å². The van der Waals surface area contributed by atoms with Crippen molar-refractivity contribution in [2.45, 2.75) is 0 Å². The monoisotopic (exact) mass is 214 g/mol. The molecule has 1 rings (SSSR count). The lowest BCUT2D eigenvalue weighted by molar-refractivity contribution is 0.415. The summed E-state index contributed by atoms with van der Waals surface area (Å²) in [6.45, 7) is 0. The molecule has 0 bridgehead atoms. The van der Waals surface area contributed by atoms with Gasteiger partial charge in [-0.3, -0.25) is 0 Å². The van der Waals surface area contributed by atoms with Gasteiger partial charge in [0.1, 0.15) is 5.75 Å². The minimum Gasteiger partial charge on any atom is -0.495 e. The molecule has 0 saturated carbocycles. The highest BCUT2D eigenvalue weighted by Gasteiger charge is 1.98. The Kier molecular flexibility index (Phi) is 3.95. The first-order valence-corrected chi connectivity index (χ1v) is 4.57. The molecular formula is C10H8Cl2O. The van der Waals surface area contributed by atoms with Gasteiger partial charge in [-0.1, -0.05) is 23.4 Å². The standard InChI is InChI=1S/C10H8Cl2O/c1-13-10-5-4-8(3-2-6-11)7-9(10)12/h4-5,7H,6H2,1H3. The minimum absolute atomic E-state index is 0.323. The summed E-state index contributed by atoms with van der Waals surface area (Å²) in [7, 11) is 1.57. The van der Waals surface area contributed by atoms with E-state index < -0.39 is 0 Å². The Morgan fingerprint density at radius 3 is 2.77 bits per heavy atom. The Balaban J connectivity index is 2.96. The van der Waals surface area contributed by atoms with Crippen LogP contribution in [0.4, 0.5) is 0 Å². The van der Waals surface area contributed by atoms with E-state index in [9.17, 15) is 0 Å². The zero-order chi connectivity index (χ0) is 9.68. The van der Waals surface area contributed by atoms with Crippen molar-refractivity contribution in [1.82, 2.24) is 0 Å². The number of hydrogen-bond donors (Lipinski definition) is 0. The maximum Gasteiger partial charge on any atom is 0.137 e. The summed E-state index contributed by atoms with van der Waals surface area (Å²) in [6.07, 6.45) is 0. The summed E-state index contributed by atoms with van der Waals surface area (Å²) in [6, 6.07) is 5.37. The fourth-order valence-corrected chi connectivity index (χ4v) is 1.20. The van der Waals surface area contributed by atoms with Gasteiger partial charge in [-0.25, -0.2) is 0 Å². The third-order valence-electron chi connectivity index (χ3n) is 1.45. The highest BCUT2D eigenvalue weighted by molar-refractivity contribution is 6.32. The van der Waals surface area contributed by atoms with Gasteiger partial charge in [0.25, 0.3) is 0 Å². The number of ether oxygens (including phenoxy) is 1. The first kappa shape index (κ1) is 10.2. The first-order chi connectivity index (χ1) is 6.27. The molecule has 0 aliphatic rings. The molecule has 0 unspecified atom stereocenters. The smallest absolute Gasteiger partial charge is 0.137 e. The van der Waals surface area contributed by atoms with E-state index in [1.807, 2.05) is 6.07 Å². The highest BCUT2D eigenvalue weighted by Crippen LogP contribution is 2.24. The first-order valence-electron chi connectivity index (χ1n) is 3.66. The van der Waals surface area contributed by atoms with Crippen LogP contribution in [0.3, 0.4) is 0 Å². The van der Waals surface area contributed by atoms with E-state index in [-0.39, 0.29) is 0 Å². The molecule has 0 aromatic heterocycles. The molecule has 13 heavy (non-hydrogen) atoms.